The molecular formula is C13H21NO4. The molecule has 0 bridgehead atoms. The third kappa shape index (κ3) is 3.02. The van der Waals surface area contributed by atoms with Crippen molar-refractivity contribution in [2.24, 2.45) is 5.41 Å². The molecule has 0 saturated heterocycles. The highest BCUT2D eigenvalue weighted by molar-refractivity contribution is 5.84. The predicted octanol–water partition coefficient (Wildman–Crippen LogP) is 2.01. The van der Waals surface area contributed by atoms with E-state index in [1.165, 1.54) is 0 Å². The summed E-state index contributed by atoms with van der Waals surface area (Å²) in [6.07, 6.45) is 7.35. The molecule has 0 aromatic rings. The summed E-state index contributed by atoms with van der Waals surface area (Å²) in [4.78, 5) is 28.4. The van der Waals surface area contributed by atoms with E-state index >= 15 is 0 Å². The highest BCUT2D eigenvalue weighted by Crippen LogP contribution is 2.41. The molecule has 2 fully saturated rings. The second-order valence-corrected chi connectivity index (χ2v) is 5.52. The Labute approximate surface area is 107 Å². The molecule has 2 aliphatic carbocycles. The van der Waals surface area contributed by atoms with Crippen molar-refractivity contribution < 1.29 is 19.5 Å². The molecule has 0 aromatic carbocycles. The van der Waals surface area contributed by atoms with Crippen LogP contribution in [0.2, 0.25) is 0 Å². The summed E-state index contributed by atoms with van der Waals surface area (Å²) in [5.74, 6) is -1.15. The Morgan fingerprint density at radius 1 is 1.17 bits per heavy atom. The normalized spacial score (nSPS) is 23.1. The second-order valence-electron chi connectivity index (χ2n) is 5.52. The van der Waals surface area contributed by atoms with Crippen LogP contribution in [-0.4, -0.2) is 23.1 Å². The van der Waals surface area contributed by atoms with Crippen LogP contribution >= 0.6 is 0 Å². The Morgan fingerprint density at radius 2 is 1.78 bits per heavy atom. The SMILES string of the molecule is O=C(CC1(C(=O)O)CCCC1)NOC1CCCC1. The van der Waals surface area contributed by atoms with Crippen molar-refractivity contribution >= 4 is 11.9 Å². The van der Waals surface area contributed by atoms with Gasteiger partial charge in [0.25, 0.3) is 0 Å². The van der Waals surface area contributed by atoms with Crippen LogP contribution in [0.15, 0.2) is 0 Å². The molecule has 0 spiro atoms. The van der Waals surface area contributed by atoms with Crippen LogP contribution < -0.4 is 5.48 Å². The van der Waals surface area contributed by atoms with Crippen molar-refractivity contribution in [3.63, 3.8) is 0 Å². The van der Waals surface area contributed by atoms with Crippen LogP contribution in [0.3, 0.4) is 0 Å². The third-order valence-corrected chi connectivity index (χ3v) is 4.15. The lowest BCUT2D eigenvalue weighted by Gasteiger charge is -2.23. The van der Waals surface area contributed by atoms with Gasteiger partial charge in [0.1, 0.15) is 0 Å². The fourth-order valence-electron chi connectivity index (χ4n) is 3.02. The number of nitrogens with one attached hydrogen (secondary N) is 1. The lowest BCUT2D eigenvalue weighted by atomic mass is 9.82. The van der Waals surface area contributed by atoms with Crippen molar-refractivity contribution in [1.82, 2.24) is 5.48 Å². The van der Waals surface area contributed by atoms with Gasteiger partial charge < -0.3 is 5.11 Å². The summed E-state index contributed by atoms with van der Waals surface area (Å²) >= 11 is 0. The molecule has 0 unspecified atom stereocenters. The van der Waals surface area contributed by atoms with Gasteiger partial charge in [-0.2, -0.15) is 0 Å². The average Bonchev–Trinajstić information content (AvgIpc) is 2.97. The lowest BCUT2D eigenvalue weighted by molar-refractivity contribution is -0.155. The monoisotopic (exact) mass is 255 g/mol. The molecule has 2 N–H and O–H groups in total. The molecular weight excluding hydrogens is 234 g/mol. The molecule has 0 heterocycles. The summed E-state index contributed by atoms with van der Waals surface area (Å²) in [6, 6.07) is 0. The highest BCUT2D eigenvalue weighted by atomic mass is 16.7. The van der Waals surface area contributed by atoms with Crippen LogP contribution in [0, 0.1) is 5.41 Å². The first-order chi connectivity index (χ1) is 8.62. The number of hydrogen-bond donors (Lipinski definition) is 2. The zero-order valence-corrected chi connectivity index (χ0v) is 10.6. The molecule has 2 saturated carbocycles. The van der Waals surface area contributed by atoms with Crippen LogP contribution in [0.25, 0.3) is 0 Å². The molecule has 18 heavy (non-hydrogen) atoms. The van der Waals surface area contributed by atoms with E-state index in [0.29, 0.717) is 12.8 Å². The van der Waals surface area contributed by atoms with E-state index in [2.05, 4.69) is 5.48 Å². The molecule has 5 nitrogen and oxygen atoms in total. The van der Waals surface area contributed by atoms with Gasteiger partial charge in [0, 0.05) is 6.42 Å². The minimum absolute atomic E-state index is 0.0368. The largest absolute Gasteiger partial charge is 0.481 e. The summed E-state index contributed by atoms with van der Waals surface area (Å²) in [5.41, 5.74) is 1.57. The summed E-state index contributed by atoms with van der Waals surface area (Å²) in [7, 11) is 0. The minimum Gasteiger partial charge on any atom is -0.481 e. The first-order valence-electron chi connectivity index (χ1n) is 6.80. The van der Waals surface area contributed by atoms with Gasteiger partial charge in [-0.3, -0.25) is 14.4 Å². The van der Waals surface area contributed by atoms with Crippen molar-refractivity contribution in [2.75, 3.05) is 0 Å². The average molecular weight is 255 g/mol. The Morgan fingerprint density at radius 3 is 2.33 bits per heavy atom. The number of carbonyl (C=O) groups excluding carboxylic acids is 1. The molecule has 0 aliphatic heterocycles. The summed E-state index contributed by atoms with van der Waals surface area (Å²) in [6.45, 7) is 0. The predicted molar refractivity (Wildman–Crippen MR) is 64.6 cm³/mol. The van der Waals surface area contributed by atoms with E-state index in [4.69, 9.17) is 4.84 Å². The summed E-state index contributed by atoms with van der Waals surface area (Å²) in [5, 5.41) is 9.27. The molecule has 0 atom stereocenters. The fraction of sp³-hybridized carbons (Fsp3) is 0.846. The number of carboxylic acids is 1. The first-order valence-corrected chi connectivity index (χ1v) is 6.80. The van der Waals surface area contributed by atoms with Gasteiger partial charge in [-0.25, -0.2) is 5.48 Å². The van der Waals surface area contributed by atoms with Crippen molar-refractivity contribution in [1.29, 1.82) is 0 Å². The number of carbonyl (C=O) groups is 2. The highest BCUT2D eigenvalue weighted by Gasteiger charge is 2.43. The van der Waals surface area contributed by atoms with E-state index in [0.717, 1.165) is 38.5 Å². The van der Waals surface area contributed by atoms with Crippen LogP contribution in [-0.2, 0) is 14.4 Å². The van der Waals surface area contributed by atoms with E-state index in [1.54, 1.807) is 0 Å². The van der Waals surface area contributed by atoms with E-state index in [1.807, 2.05) is 0 Å². The van der Waals surface area contributed by atoms with Gasteiger partial charge in [0.2, 0.25) is 5.91 Å². The molecule has 0 aromatic heterocycles. The zero-order chi connectivity index (χ0) is 13.0. The maximum absolute atomic E-state index is 11.8. The van der Waals surface area contributed by atoms with Crippen molar-refractivity contribution in [2.45, 2.75) is 63.9 Å². The quantitative estimate of drug-likeness (QED) is 0.737. The van der Waals surface area contributed by atoms with Gasteiger partial charge in [0.15, 0.2) is 0 Å². The number of hydrogen-bond acceptors (Lipinski definition) is 3. The van der Waals surface area contributed by atoms with Crippen molar-refractivity contribution in [3.8, 4) is 0 Å². The van der Waals surface area contributed by atoms with Gasteiger partial charge in [-0.15, -0.1) is 0 Å². The van der Waals surface area contributed by atoms with Gasteiger partial charge in [0.05, 0.1) is 11.5 Å². The number of aliphatic carboxylic acids is 1. The summed E-state index contributed by atoms with van der Waals surface area (Å²) < 4.78 is 0. The minimum atomic E-state index is -0.858. The molecule has 0 radical (unpaired) electrons. The Bertz CT molecular complexity index is 317. The molecule has 1 amide bonds. The molecule has 5 heteroatoms. The van der Waals surface area contributed by atoms with E-state index in [-0.39, 0.29) is 18.4 Å². The third-order valence-electron chi connectivity index (χ3n) is 4.15. The Kier molecular flexibility index (Phi) is 4.22. The van der Waals surface area contributed by atoms with E-state index < -0.39 is 11.4 Å². The fourth-order valence-corrected chi connectivity index (χ4v) is 3.02. The Hall–Kier alpha value is -1.10. The van der Waals surface area contributed by atoms with Crippen molar-refractivity contribution in [3.05, 3.63) is 0 Å². The number of carboxylic acid groups (broad SMARTS) is 1. The maximum Gasteiger partial charge on any atom is 0.310 e. The topological polar surface area (TPSA) is 75.6 Å². The van der Waals surface area contributed by atoms with Crippen LogP contribution in [0.1, 0.15) is 57.8 Å². The molecule has 102 valence electrons. The first kappa shape index (κ1) is 13.3. The van der Waals surface area contributed by atoms with Gasteiger partial charge in [-0.1, -0.05) is 25.7 Å². The smallest absolute Gasteiger partial charge is 0.310 e. The Balaban J connectivity index is 1.80. The van der Waals surface area contributed by atoms with Gasteiger partial charge >= 0.3 is 5.97 Å². The maximum atomic E-state index is 11.8. The second kappa shape index (κ2) is 5.69. The molecule has 2 aliphatic rings. The lowest BCUT2D eigenvalue weighted by Crippen LogP contribution is -2.37. The zero-order valence-electron chi connectivity index (χ0n) is 10.6. The van der Waals surface area contributed by atoms with E-state index in [9.17, 15) is 14.7 Å². The standard InChI is InChI=1S/C13H21NO4/c15-11(14-18-10-5-1-2-6-10)9-13(12(16)17)7-3-4-8-13/h10H,1-9H2,(H,14,15)(H,16,17). The van der Waals surface area contributed by atoms with Crippen LogP contribution in [0.4, 0.5) is 0 Å². The molecule has 2 rings (SSSR count). The number of hydroxylamine groups is 1. The van der Waals surface area contributed by atoms with Gasteiger partial charge in [-0.05, 0) is 25.7 Å². The number of amides is 1. The number of rotatable bonds is 5. The van der Waals surface area contributed by atoms with Crippen LogP contribution in [0.5, 0.6) is 0 Å².